The maximum absolute atomic E-state index is 13.6. The van der Waals surface area contributed by atoms with Gasteiger partial charge in [0.25, 0.3) is 0 Å². The highest BCUT2D eigenvalue weighted by Gasteiger charge is 2.32. The fraction of sp³-hybridized carbons (Fsp3) is 0.200. The number of aliphatic hydroxyl groups excluding tert-OH is 1. The summed E-state index contributed by atoms with van der Waals surface area (Å²) in [5, 5.41) is 9.19. The SMILES string of the molecule is N[C@@]1(CO)C=COc2c1ccc(Br)c2F. The molecule has 0 saturated carbocycles. The maximum atomic E-state index is 13.6. The van der Waals surface area contributed by atoms with Crippen LogP contribution in [-0.4, -0.2) is 11.7 Å². The van der Waals surface area contributed by atoms with Crippen LogP contribution in [-0.2, 0) is 5.54 Å². The molecule has 1 heterocycles. The van der Waals surface area contributed by atoms with Crippen molar-refractivity contribution in [3.8, 4) is 5.75 Å². The molecule has 0 unspecified atom stereocenters. The third kappa shape index (κ3) is 1.56. The summed E-state index contributed by atoms with van der Waals surface area (Å²) in [6, 6.07) is 3.16. The standard InChI is InChI=1S/C10H9BrFNO2/c11-7-2-1-6-9(8(7)12)15-4-3-10(6,13)5-14/h1-4,14H,5,13H2/t10-/m1/s1. The van der Waals surface area contributed by atoms with Crippen molar-refractivity contribution in [3.05, 3.63) is 40.3 Å². The van der Waals surface area contributed by atoms with E-state index >= 15 is 0 Å². The number of hydrogen-bond acceptors (Lipinski definition) is 3. The Morgan fingerprint density at radius 3 is 2.93 bits per heavy atom. The van der Waals surface area contributed by atoms with Crippen molar-refractivity contribution in [1.29, 1.82) is 0 Å². The van der Waals surface area contributed by atoms with Crippen LogP contribution in [0.1, 0.15) is 5.56 Å². The third-order valence-electron chi connectivity index (χ3n) is 2.36. The lowest BCUT2D eigenvalue weighted by Crippen LogP contribution is -2.40. The number of aliphatic hydroxyl groups is 1. The lowest BCUT2D eigenvalue weighted by Gasteiger charge is -2.29. The van der Waals surface area contributed by atoms with Gasteiger partial charge < -0.3 is 15.6 Å². The quantitative estimate of drug-likeness (QED) is 0.818. The molecule has 0 fully saturated rings. The molecule has 1 aromatic carbocycles. The van der Waals surface area contributed by atoms with Gasteiger partial charge in [-0.05, 0) is 28.1 Å². The summed E-state index contributed by atoms with van der Waals surface area (Å²) in [4.78, 5) is 0. The Hall–Kier alpha value is -0.910. The minimum absolute atomic E-state index is 0.0587. The molecule has 15 heavy (non-hydrogen) atoms. The molecule has 80 valence electrons. The zero-order chi connectivity index (χ0) is 11.1. The molecular weight excluding hydrogens is 265 g/mol. The van der Waals surface area contributed by atoms with Crippen molar-refractivity contribution in [3.63, 3.8) is 0 Å². The van der Waals surface area contributed by atoms with E-state index in [1.807, 2.05) is 0 Å². The number of rotatable bonds is 1. The molecule has 0 bridgehead atoms. The van der Waals surface area contributed by atoms with E-state index in [2.05, 4.69) is 15.9 Å². The average Bonchev–Trinajstić information content (AvgIpc) is 2.24. The van der Waals surface area contributed by atoms with Crippen molar-refractivity contribution in [2.75, 3.05) is 6.61 Å². The van der Waals surface area contributed by atoms with Crippen LogP contribution in [0.4, 0.5) is 4.39 Å². The molecule has 0 spiro atoms. The van der Waals surface area contributed by atoms with Crippen LogP contribution in [0.2, 0.25) is 0 Å². The van der Waals surface area contributed by atoms with Crippen LogP contribution in [0, 0.1) is 5.82 Å². The van der Waals surface area contributed by atoms with Crippen LogP contribution in [0.3, 0.4) is 0 Å². The maximum Gasteiger partial charge on any atom is 0.180 e. The van der Waals surface area contributed by atoms with E-state index in [1.54, 1.807) is 6.07 Å². The summed E-state index contributed by atoms with van der Waals surface area (Å²) >= 11 is 3.05. The number of benzene rings is 1. The first-order valence-electron chi connectivity index (χ1n) is 4.31. The highest BCUT2D eigenvalue weighted by molar-refractivity contribution is 9.10. The molecule has 1 aliphatic rings. The van der Waals surface area contributed by atoms with Crippen molar-refractivity contribution in [2.45, 2.75) is 5.54 Å². The highest BCUT2D eigenvalue weighted by Crippen LogP contribution is 2.37. The van der Waals surface area contributed by atoms with Crippen LogP contribution >= 0.6 is 15.9 Å². The number of nitrogens with two attached hydrogens (primary N) is 1. The van der Waals surface area contributed by atoms with E-state index in [0.717, 1.165) is 0 Å². The molecule has 0 aliphatic carbocycles. The van der Waals surface area contributed by atoms with Gasteiger partial charge in [-0.2, -0.15) is 0 Å². The molecule has 5 heteroatoms. The molecule has 1 aromatic rings. The molecular formula is C10H9BrFNO2. The van der Waals surface area contributed by atoms with Crippen molar-refractivity contribution < 1.29 is 14.2 Å². The van der Waals surface area contributed by atoms with Gasteiger partial charge >= 0.3 is 0 Å². The van der Waals surface area contributed by atoms with E-state index < -0.39 is 11.4 Å². The summed E-state index contributed by atoms with van der Waals surface area (Å²) in [6.45, 7) is -0.305. The minimum atomic E-state index is -1.07. The largest absolute Gasteiger partial charge is 0.462 e. The Bertz CT molecular complexity index is 436. The lowest BCUT2D eigenvalue weighted by molar-refractivity contribution is 0.217. The second-order valence-electron chi connectivity index (χ2n) is 3.36. The van der Waals surface area contributed by atoms with Gasteiger partial charge in [-0.15, -0.1) is 0 Å². The summed E-state index contributed by atoms with van der Waals surface area (Å²) in [5.74, 6) is -0.455. The van der Waals surface area contributed by atoms with Gasteiger partial charge in [-0.3, -0.25) is 0 Å². The second-order valence-corrected chi connectivity index (χ2v) is 4.21. The molecule has 1 atom stereocenters. The van der Waals surface area contributed by atoms with Gasteiger partial charge in [0.05, 0.1) is 22.9 Å². The first-order chi connectivity index (χ1) is 7.08. The molecule has 2 rings (SSSR count). The van der Waals surface area contributed by atoms with Gasteiger partial charge in [0.1, 0.15) is 0 Å². The van der Waals surface area contributed by atoms with E-state index in [4.69, 9.17) is 10.5 Å². The Morgan fingerprint density at radius 2 is 2.27 bits per heavy atom. The molecule has 0 radical (unpaired) electrons. The summed E-state index contributed by atoms with van der Waals surface area (Å²) < 4.78 is 19.0. The number of halogens is 2. The van der Waals surface area contributed by atoms with Crippen molar-refractivity contribution >= 4 is 15.9 Å². The summed E-state index contributed by atoms with van der Waals surface area (Å²) in [6.07, 6.45) is 2.79. The normalized spacial score (nSPS) is 23.5. The van der Waals surface area contributed by atoms with Gasteiger partial charge in [0, 0.05) is 5.56 Å². The van der Waals surface area contributed by atoms with Crippen LogP contribution < -0.4 is 10.5 Å². The fourth-order valence-corrected chi connectivity index (χ4v) is 1.78. The van der Waals surface area contributed by atoms with E-state index in [1.165, 1.54) is 18.4 Å². The first kappa shape index (κ1) is 10.6. The zero-order valence-electron chi connectivity index (χ0n) is 7.71. The number of ether oxygens (including phenoxy) is 1. The molecule has 0 amide bonds. The zero-order valence-corrected chi connectivity index (χ0v) is 9.29. The monoisotopic (exact) mass is 273 g/mol. The molecule has 3 N–H and O–H groups in total. The Kier molecular flexibility index (Phi) is 2.54. The van der Waals surface area contributed by atoms with E-state index in [0.29, 0.717) is 10.0 Å². The van der Waals surface area contributed by atoms with Crippen LogP contribution in [0.15, 0.2) is 28.9 Å². The Balaban J connectivity index is 2.64. The predicted molar refractivity (Wildman–Crippen MR) is 56.8 cm³/mol. The van der Waals surface area contributed by atoms with Crippen molar-refractivity contribution in [1.82, 2.24) is 0 Å². The van der Waals surface area contributed by atoms with Gasteiger partial charge in [0.2, 0.25) is 0 Å². The van der Waals surface area contributed by atoms with Gasteiger partial charge in [-0.1, -0.05) is 6.07 Å². The van der Waals surface area contributed by atoms with Gasteiger partial charge in [-0.25, -0.2) is 4.39 Å². The summed E-state index contributed by atoms with van der Waals surface area (Å²) in [7, 11) is 0. The van der Waals surface area contributed by atoms with E-state index in [-0.39, 0.29) is 12.4 Å². The van der Waals surface area contributed by atoms with Crippen LogP contribution in [0.5, 0.6) is 5.75 Å². The first-order valence-corrected chi connectivity index (χ1v) is 5.10. The predicted octanol–water partition coefficient (Wildman–Crippen LogP) is 1.64. The van der Waals surface area contributed by atoms with E-state index in [9.17, 15) is 9.50 Å². The molecule has 0 saturated heterocycles. The molecule has 0 aromatic heterocycles. The topological polar surface area (TPSA) is 55.5 Å². The number of hydrogen-bond donors (Lipinski definition) is 2. The van der Waals surface area contributed by atoms with Crippen LogP contribution in [0.25, 0.3) is 0 Å². The second kappa shape index (κ2) is 3.59. The van der Waals surface area contributed by atoms with Gasteiger partial charge in [0.15, 0.2) is 11.6 Å². The summed E-state index contributed by atoms with van der Waals surface area (Å²) in [5.41, 5.74) is 5.25. The smallest absolute Gasteiger partial charge is 0.180 e. The molecule has 3 nitrogen and oxygen atoms in total. The Morgan fingerprint density at radius 1 is 1.53 bits per heavy atom. The lowest BCUT2D eigenvalue weighted by atomic mass is 9.90. The van der Waals surface area contributed by atoms with Crippen molar-refractivity contribution in [2.24, 2.45) is 5.73 Å². The average molecular weight is 274 g/mol. The third-order valence-corrected chi connectivity index (χ3v) is 2.98. The number of fused-ring (bicyclic) bond motifs is 1. The Labute approximate surface area is 94.5 Å². The highest BCUT2D eigenvalue weighted by atomic mass is 79.9. The molecule has 1 aliphatic heterocycles. The fourth-order valence-electron chi connectivity index (χ4n) is 1.46. The minimum Gasteiger partial charge on any atom is -0.462 e.